The average molecular weight is 211 g/mol. The molecule has 0 spiro atoms. The molecular weight excluding hydrogens is 194 g/mol. The summed E-state index contributed by atoms with van der Waals surface area (Å²) < 4.78 is 0. The lowest BCUT2D eigenvalue weighted by Crippen LogP contribution is -2.21. The van der Waals surface area contributed by atoms with Crippen LogP contribution in [0.1, 0.15) is 43.1 Å². The molecule has 4 heteroatoms. The average Bonchev–Trinajstić information content (AvgIpc) is 2.68. The lowest BCUT2D eigenvalue weighted by atomic mass is 10.4. The first-order chi connectivity index (χ1) is 6.66. The van der Waals surface area contributed by atoms with E-state index in [9.17, 15) is 0 Å². The molecule has 0 saturated heterocycles. The van der Waals surface area contributed by atoms with Crippen LogP contribution in [0.4, 0.5) is 0 Å². The van der Waals surface area contributed by atoms with Gasteiger partial charge in [0, 0.05) is 18.5 Å². The molecule has 14 heavy (non-hydrogen) atoms. The predicted molar refractivity (Wildman–Crippen MR) is 58.4 cm³/mol. The molecule has 78 valence electrons. The molecular formula is C10H17N3S. The van der Waals surface area contributed by atoms with E-state index >= 15 is 0 Å². The number of aromatic nitrogens is 2. The van der Waals surface area contributed by atoms with E-state index < -0.39 is 0 Å². The molecule has 1 heterocycles. The zero-order chi connectivity index (χ0) is 10.1. The summed E-state index contributed by atoms with van der Waals surface area (Å²) in [6, 6.07) is 0.516. The molecule has 0 radical (unpaired) electrons. The summed E-state index contributed by atoms with van der Waals surface area (Å²) in [5.41, 5.74) is 0. The maximum absolute atomic E-state index is 4.24. The molecule has 0 bridgehead atoms. The van der Waals surface area contributed by atoms with Gasteiger partial charge in [-0.05, 0) is 12.3 Å². The van der Waals surface area contributed by atoms with Gasteiger partial charge in [0.1, 0.15) is 10.0 Å². The molecule has 1 fully saturated rings. The Hall–Kier alpha value is -0.480. The number of nitrogens with one attached hydrogen (secondary N) is 1. The van der Waals surface area contributed by atoms with Gasteiger partial charge in [0.25, 0.3) is 0 Å². The zero-order valence-corrected chi connectivity index (χ0v) is 9.77. The predicted octanol–water partition coefficient (Wildman–Crippen LogP) is 2.16. The molecule has 0 aliphatic heterocycles. The smallest absolute Gasteiger partial charge is 0.131 e. The first-order valence-corrected chi connectivity index (χ1v) is 6.04. The minimum atomic E-state index is 0.516. The van der Waals surface area contributed by atoms with Crippen molar-refractivity contribution in [3.05, 3.63) is 10.0 Å². The third kappa shape index (κ3) is 2.30. The van der Waals surface area contributed by atoms with Crippen molar-refractivity contribution in [3.8, 4) is 0 Å². The van der Waals surface area contributed by atoms with Crippen LogP contribution in [0.15, 0.2) is 0 Å². The molecule has 1 N–H and O–H groups in total. The van der Waals surface area contributed by atoms with Crippen LogP contribution in [-0.2, 0) is 6.54 Å². The topological polar surface area (TPSA) is 37.8 Å². The van der Waals surface area contributed by atoms with Gasteiger partial charge in [-0.25, -0.2) is 0 Å². The largest absolute Gasteiger partial charge is 0.308 e. The number of nitrogens with zero attached hydrogens (tertiary/aromatic N) is 2. The Kier molecular flexibility index (Phi) is 2.83. The zero-order valence-electron chi connectivity index (χ0n) is 8.95. The summed E-state index contributed by atoms with van der Waals surface area (Å²) in [5, 5.41) is 14.1. The summed E-state index contributed by atoms with van der Waals surface area (Å²) in [6.45, 7) is 7.42. The van der Waals surface area contributed by atoms with Gasteiger partial charge in [0.2, 0.25) is 0 Å². The van der Waals surface area contributed by atoms with E-state index in [1.54, 1.807) is 11.3 Å². The van der Waals surface area contributed by atoms with Gasteiger partial charge in [0.05, 0.1) is 0 Å². The van der Waals surface area contributed by atoms with E-state index in [4.69, 9.17) is 0 Å². The van der Waals surface area contributed by atoms with Crippen molar-refractivity contribution in [2.45, 2.75) is 45.7 Å². The summed E-state index contributed by atoms with van der Waals surface area (Å²) >= 11 is 1.76. The van der Waals surface area contributed by atoms with E-state index in [-0.39, 0.29) is 0 Å². The third-order valence-corrected chi connectivity index (χ3v) is 3.63. The third-order valence-electron chi connectivity index (χ3n) is 2.57. The fraction of sp³-hybridized carbons (Fsp3) is 0.800. The Bertz CT molecular complexity index is 308. The molecule has 2 rings (SSSR count). The van der Waals surface area contributed by atoms with Crippen LogP contribution in [0.2, 0.25) is 0 Å². The summed E-state index contributed by atoms with van der Waals surface area (Å²) in [6.07, 6.45) is 1.30. The van der Waals surface area contributed by atoms with Crippen molar-refractivity contribution >= 4 is 11.3 Å². The minimum Gasteiger partial charge on any atom is -0.308 e. The van der Waals surface area contributed by atoms with Crippen LogP contribution in [-0.4, -0.2) is 16.2 Å². The number of rotatable bonds is 4. The monoisotopic (exact) mass is 211 g/mol. The Morgan fingerprint density at radius 2 is 2.21 bits per heavy atom. The highest BCUT2D eigenvalue weighted by Gasteiger charge is 2.36. The maximum atomic E-state index is 4.24. The van der Waals surface area contributed by atoms with E-state index in [0.29, 0.717) is 12.0 Å². The molecule has 1 aromatic rings. The van der Waals surface area contributed by atoms with E-state index in [1.165, 1.54) is 11.4 Å². The van der Waals surface area contributed by atoms with Gasteiger partial charge in [-0.2, -0.15) is 0 Å². The molecule has 2 unspecified atom stereocenters. The van der Waals surface area contributed by atoms with Crippen LogP contribution < -0.4 is 5.32 Å². The van der Waals surface area contributed by atoms with E-state index in [0.717, 1.165) is 17.5 Å². The molecule has 2 atom stereocenters. The Morgan fingerprint density at radius 3 is 2.79 bits per heavy atom. The lowest BCUT2D eigenvalue weighted by Gasteiger charge is -2.03. The first-order valence-electron chi connectivity index (χ1n) is 5.22. The first kappa shape index (κ1) is 10.1. The second-order valence-electron chi connectivity index (χ2n) is 4.39. The van der Waals surface area contributed by atoms with Crippen molar-refractivity contribution in [2.24, 2.45) is 5.92 Å². The van der Waals surface area contributed by atoms with Crippen molar-refractivity contribution in [1.82, 2.24) is 15.5 Å². The Balaban J connectivity index is 1.90. The van der Waals surface area contributed by atoms with Crippen molar-refractivity contribution in [2.75, 3.05) is 0 Å². The van der Waals surface area contributed by atoms with E-state index in [1.807, 2.05) is 0 Å². The van der Waals surface area contributed by atoms with Gasteiger partial charge in [-0.15, -0.1) is 10.2 Å². The maximum Gasteiger partial charge on any atom is 0.131 e. The van der Waals surface area contributed by atoms with Crippen LogP contribution in [0.25, 0.3) is 0 Å². The van der Waals surface area contributed by atoms with Gasteiger partial charge in [-0.3, -0.25) is 0 Å². The highest BCUT2D eigenvalue weighted by atomic mass is 32.1. The minimum absolute atomic E-state index is 0.516. The van der Waals surface area contributed by atoms with Gasteiger partial charge < -0.3 is 5.32 Å². The quantitative estimate of drug-likeness (QED) is 0.829. The highest BCUT2D eigenvalue weighted by Crippen LogP contribution is 2.47. The normalized spacial score (nSPS) is 25.7. The fourth-order valence-electron chi connectivity index (χ4n) is 1.45. The SMILES string of the molecule is CC(C)NCc1nnc(C2CC2C)s1. The molecule has 1 saturated carbocycles. The van der Waals surface area contributed by atoms with Crippen molar-refractivity contribution < 1.29 is 0 Å². The highest BCUT2D eigenvalue weighted by molar-refractivity contribution is 7.11. The van der Waals surface area contributed by atoms with Gasteiger partial charge in [0.15, 0.2) is 0 Å². The Morgan fingerprint density at radius 1 is 1.50 bits per heavy atom. The Labute approximate surface area is 88.9 Å². The number of hydrogen-bond donors (Lipinski definition) is 1. The fourth-order valence-corrected chi connectivity index (χ4v) is 2.49. The van der Waals surface area contributed by atoms with Crippen LogP contribution >= 0.6 is 11.3 Å². The number of hydrogen-bond acceptors (Lipinski definition) is 4. The van der Waals surface area contributed by atoms with Gasteiger partial charge in [-0.1, -0.05) is 32.1 Å². The van der Waals surface area contributed by atoms with Crippen LogP contribution in [0.5, 0.6) is 0 Å². The van der Waals surface area contributed by atoms with Crippen LogP contribution in [0.3, 0.4) is 0 Å². The molecule has 1 aromatic heterocycles. The summed E-state index contributed by atoms with van der Waals surface area (Å²) in [5.74, 6) is 1.54. The molecule has 3 nitrogen and oxygen atoms in total. The summed E-state index contributed by atoms with van der Waals surface area (Å²) in [4.78, 5) is 0. The standard InChI is InChI=1S/C10H17N3S/c1-6(2)11-5-9-12-13-10(14-9)8-4-7(8)3/h6-8,11H,4-5H2,1-3H3. The van der Waals surface area contributed by atoms with E-state index in [2.05, 4.69) is 36.3 Å². The van der Waals surface area contributed by atoms with Gasteiger partial charge >= 0.3 is 0 Å². The molecule has 0 amide bonds. The second kappa shape index (κ2) is 3.95. The lowest BCUT2D eigenvalue weighted by molar-refractivity contribution is 0.584. The van der Waals surface area contributed by atoms with Crippen molar-refractivity contribution in [1.29, 1.82) is 0 Å². The summed E-state index contributed by atoms with van der Waals surface area (Å²) in [7, 11) is 0. The van der Waals surface area contributed by atoms with Crippen molar-refractivity contribution in [3.63, 3.8) is 0 Å². The molecule has 1 aliphatic carbocycles. The molecule has 0 aromatic carbocycles. The molecule has 1 aliphatic rings. The second-order valence-corrected chi connectivity index (χ2v) is 5.48. The van der Waals surface area contributed by atoms with Crippen LogP contribution in [0, 0.1) is 5.92 Å².